The number of likely N-dealkylation sites (N-methyl/N-ethyl adjacent to an activating group) is 1. The zero-order valence-electron chi connectivity index (χ0n) is 40.3. The van der Waals surface area contributed by atoms with Gasteiger partial charge in [-0.25, -0.2) is 5.43 Å². The van der Waals surface area contributed by atoms with E-state index in [2.05, 4.69) is 60.9 Å². The van der Waals surface area contributed by atoms with E-state index in [1.54, 1.807) is 37.4 Å². The number of carbonyl (C=O) groups excluding carboxylic acids is 5. The summed E-state index contributed by atoms with van der Waals surface area (Å²) in [6.45, 7) is 17.3. The topological polar surface area (TPSA) is 176 Å². The number of amides is 4. The number of phenolic OH excluding ortho intramolecular Hbond substituents is 1. The van der Waals surface area contributed by atoms with Crippen LogP contribution in [0.5, 0.6) is 5.75 Å². The molecule has 0 spiro atoms. The lowest BCUT2D eigenvalue weighted by Crippen LogP contribution is -2.62. The number of esters is 1. The van der Waals surface area contributed by atoms with E-state index in [9.17, 15) is 29.1 Å². The Morgan fingerprint density at radius 3 is 2.57 bits per heavy atom. The minimum atomic E-state index is -1.14. The number of pyridine rings is 1. The lowest BCUT2D eigenvalue weighted by molar-refractivity contribution is -0.155. The smallest absolute Gasteiger partial charge is 0.324 e. The van der Waals surface area contributed by atoms with Crippen molar-refractivity contribution in [1.82, 2.24) is 35.1 Å². The molecule has 358 valence electrons. The number of methoxy groups -OCH3 is 1. The van der Waals surface area contributed by atoms with Gasteiger partial charge >= 0.3 is 5.97 Å². The number of nitrogens with one attached hydrogen (secondary N) is 2. The van der Waals surface area contributed by atoms with E-state index in [0.29, 0.717) is 57.3 Å². The summed E-state index contributed by atoms with van der Waals surface area (Å²) >= 11 is 0. The first-order chi connectivity index (χ1) is 31.9. The van der Waals surface area contributed by atoms with Gasteiger partial charge in [-0.2, -0.15) is 0 Å². The van der Waals surface area contributed by atoms with E-state index in [1.165, 1.54) is 16.0 Å². The van der Waals surface area contributed by atoms with Gasteiger partial charge in [-0.1, -0.05) is 46.4 Å². The molecule has 4 aromatic rings. The molecular weight excluding hydrogens is 851 g/mol. The van der Waals surface area contributed by atoms with Crippen LogP contribution in [0.1, 0.15) is 90.2 Å². The van der Waals surface area contributed by atoms with Crippen molar-refractivity contribution in [2.24, 2.45) is 17.3 Å². The molecule has 15 nitrogen and oxygen atoms in total. The number of rotatable bonds is 12. The van der Waals surface area contributed by atoms with Gasteiger partial charge in [0.1, 0.15) is 23.9 Å². The van der Waals surface area contributed by atoms with E-state index in [4.69, 9.17) is 14.5 Å². The van der Waals surface area contributed by atoms with Crippen LogP contribution in [0.4, 0.5) is 0 Å². The fraction of sp³-hybridized carbons (Fsp3) is 0.500. The molecule has 0 aliphatic carbocycles. The highest BCUT2D eigenvalue weighted by Gasteiger charge is 2.42. The average Bonchev–Trinajstić information content (AvgIpc) is 3.82. The van der Waals surface area contributed by atoms with Gasteiger partial charge in [0.25, 0.3) is 5.91 Å². The summed E-state index contributed by atoms with van der Waals surface area (Å²) in [6, 6.07) is 12.7. The summed E-state index contributed by atoms with van der Waals surface area (Å²) in [4.78, 5) is 77.2. The lowest BCUT2D eigenvalue weighted by atomic mass is 9.84. The van der Waals surface area contributed by atoms with Crippen LogP contribution in [0.25, 0.3) is 33.3 Å². The molecule has 67 heavy (non-hydrogen) atoms. The molecule has 7 rings (SSSR count). The quantitative estimate of drug-likeness (QED) is 0.107. The van der Waals surface area contributed by atoms with Crippen molar-refractivity contribution in [3.63, 3.8) is 0 Å². The molecule has 4 amide bonds. The number of hydrazine groups is 1. The van der Waals surface area contributed by atoms with Crippen molar-refractivity contribution in [3.05, 3.63) is 84.2 Å². The highest BCUT2D eigenvalue weighted by atomic mass is 16.5. The third kappa shape index (κ3) is 10.4. The van der Waals surface area contributed by atoms with Crippen LogP contribution in [0.2, 0.25) is 0 Å². The Balaban J connectivity index is 1.29. The second-order valence-corrected chi connectivity index (χ2v) is 19.5. The summed E-state index contributed by atoms with van der Waals surface area (Å²) in [6.07, 6.45) is 5.21. The second-order valence-electron chi connectivity index (χ2n) is 19.5. The van der Waals surface area contributed by atoms with Crippen LogP contribution in [-0.4, -0.2) is 118 Å². The Labute approximate surface area is 393 Å². The van der Waals surface area contributed by atoms with Crippen molar-refractivity contribution < 1.29 is 38.6 Å². The van der Waals surface area contributed by atoms with Crippen LogP contribution in [0.3, 0.4) is 0 Å². The maximum atomic E-state index is 14.7. The molecule has 3 aliphatic rings. The fourth-order valence-electron chi connectivity index (χ4n) is 10.1. The second kappa shape index (κ2) is 20.4. The highest BCUT2D eigenvalue weighted by Crippen LogP contribution is 2.42. The van der Waals surface area contributed by atoms with Crippen LogP contribution < -0.4 is 10.7 Å². The number of phenols is 1. The maximum Gasteiger partial charge on any atom is 0.324 e. The van der Waals surface area contributed by atoms with Gasteiger partial charge in [0.05, 0.1) is 24.1 Å². The molecule has 2 aromatic heterocycles. The molecule has 0 radical (unpaired) electrons. The number of benzene rings is 2. The van der Waals surface area contributed by atoms with Gasteiger partial charge in [-0.15, -0.1) is 0 Å². The first-order valence-corrected chi connectivity index (χ1v) is 23.6. The molecule has 3 aliphatic heterocycles. The van der Waals surface area contributed by atoms with Gasteiger partial charge in [-0.3, -0.25) is 34.0 Å². The monoisotopic (exact) mass is 918 g/mol. The number of aromatic nitrogens is 2. The van der Waals surface area contributed by atoms with Crippen molar-refractivity contribution in [1.29, 1.82) is 0 Å². The van der Waals surface area contributed by atoms with Gasteiger partial charge in [0, 0.05) is 80.8 Å². The highest BCUT2D eigenvalue weighted by molar-refractivity contribution is 5.96. The summed E-state index contributed by atoms with van der Waals surface area (Å²) in [5, 5.41) is 16.8. The predicted octanol–water partition coefficient (Wildman–Crippen LogP) is 6.36. The Kier molecular flexibility index (Phi) is 14.9. The number of carbonyl (C=O) groups is 5. The normalized spacial score (nSPS) is 20.9. The van der Waals surface area contributed by atoms with Gasteiger partial charge in [0.15, 0.2) is 0 Å². The Hall–Kier alpha value is -6.06. The van der Waals surface area contributed by atoms with Gasteiger partial charge < -0.3 is 34.3 Å². The fourth-order valence-corrected chi connectivity index (χ4v) is 10.1. The molecule has 4 unspecified atom stereocenters. The molecule has 6 bridgehead atoms. The molecule has 0 saturated carbocycles. The number of cyclic esters (lactones) is 1. The number of aromatic hydroxyl groups is 1. The van der Waals surface area contributed by atoms with Crippen LogP contribution in [-0.2, 0) is 52.8 Å². The zero-order chi connectivity index (χ0) is 48.3. The van der Waals surface area contributed by atoms with Crippen molar-refractivity contribution in [3.8, 4) is 28.1 Å². The van der Waals surface area contributed by atoms with Crippen molar-refractivity contribution >= 4 is 40.5 Å². The number of ether oxygens (including phenoxy) is 2. The third-order valence-electron chi connectivity index (χ3n) is 13.6. The number of aryl methyl sites for hydroxylation is 1. The Morgan fingerprint density at radius 1 is 1.07 bits per heavy atom. The van der Waals surface area contributed by atoms with E-state index in [1.807, 2.05) is 39.0 Å². The molecule has 5 atom stereocenters. The lowest BCUT2D eigenvalue weighted by Gasteiger charge is -2.36. The van der Waals surface area contributed by atoms with Crippen LogP contribution >= 0.6 is 0 Å². The zero-order valence-corrected chi connectivity index (χ0v) is 40.3. The summed E-state index contributed by atoms with van der Waals surface area (Å²) in [5.74, 6) is -2.50. The number of hydrogen-bond acceptors (Lipinski definition) is 10. The number of nitrogens with zero attached hydrogens (tertiary/aromatic N) is 5. The minimum absolute atomic E-state index is 0.00380. The molecule has 2 aromatic carbocycles. The summed E-state index contributed by atoms with van der Waals surface area (Å²) < 4.78 is 14.2. The summed E-state index contributed by atoms with van der Waals surface area (Å²) in [5.41, 5.74) is 9.58. The molecular formula is C52H67N7O8. The number of likely N-dealkylation sites (tertiary alicyclic amines) is 1. The van der Waals surface area contributed by atoms with Gasteiger partial charge in [0.2, 0.25) is 17.7 Å². The molecule has 2 saturated heterocycles. The third-order valence-corrected chi connectivity index (χ3v) is 13.6. The standard InChI is InChI=1S/C52H67N7O8/c1-10-44(61)56(8)22-18-34-19-23-58(49(34)63)46(31(3)4)48(62)54-42-26-33-24-36(27-37(60)25-33)35-16-17-43-39(28-35)40(47(57(43)11-2)38-14-12-20-53-45(38)32(5)66-9)29-52(6,7)30-67-51(65)41-15-13-21-59(55-41)50(42)64/h10,12,14,16-17,20,24-25,27-28,31-32,34,41-42,46,55,60H,1,11,13,15,18-19,21-23,26,29-30H2,2-9H3,(H,54,62)/t32?,34?,41-,42?,46?/m0/s1. The van der Waals surface area contributed by atoms with Crippen LogP contribution in [0.15, 0.2) is 67.4 Å². The Bertz CT molecular complexity index is 2530. The van der Waals surface area contributed by atoms with E-state index in [0.717, 1.165) is 44.5 Å². The Morgan fingerprint density at radius 2 is 1.85 bits per heavy atom. The van der Waals surface area contributed by atoms with Crippen molar-refractivity contribution in [2.75, 3.05) is 40.4 Å². The molecule has 3 N–H and O–H groups in total. The molecule has 5 heterocycles. The predicted molar refractivity (Wildman–Crippen MR) is 256 cm³/mol. The first kappa shape index (κ1) is 48.9. The molecule has 15 heteroatoms. The maximum absolute atomic E-state index is 14.7. The SMILES string of the molecule is C=CC(=O)N(C)CCC1CCN(C(C(=O)NC2Cc3cc(O)cc(c3)-c3ccc4c(c3)c(c(-c3cccnc3C(C)OC)n4CC)CC(C)(C)COC(=O)[C@@H]3CCCN(N3)C2=O)C(C)C)C1=O. The van der Waals surface area contributed by atoms with Crippen LogP contribution in [0, 0.1) is 17.3 Å². The molecule has 2 fully saturated rings. The average molecular weight is 918 g/mol. The number of hydrogen-bond donors (Lipinski definition) is 3. The van der Waals surface area contributed by atoms with E-state index < -0.39 is 41.3 Å². The van der Waals surface area contributed by atoms with E-state index in [-0.39, 0.29) is 55.1 Å². The number of fused-ring (bicyclic) bond motifs is 6. The van der Waals surface area contributed by atoms with Gasteiger partial charge in [-0.05, 0) is 117 Å². The first-order valence-electron chi connectivity index (χ1n) is 23.6. The largest absolute Gasteiger partial charge is 0.508 e. The summed E-state index contributed by atoms with van der Waals surface area (Å²) in [7, 11) is 3.34. The minimum Gasteiger partial charge on any atom is -0.508 e. The van der Waals surface area contributed by atoms with E-state index >= 15 is 0 Å². The van der Waals surface area contributed by atoms with Crippen molar-refractivity contribution in [2.45, 2.75) is 111 Å².